The van der Waals surface area contributed by atoms with Crippen LogP contribution < -0.4 is 15.4 Å². The zero-order valence-corrected chi connectivity index (χ0v) is 17.5. The summed E-state index contributed by atoms with van der Waals surface area (Å²) >= 11 is 5.90. The van der Waals surface area contributed by atoms with Gasteiger partial charge >= 0.3 is 0 Å². The summed E-state index contributed by atoms with van der Waals surface area (Å²) in [6, 6.07) is 32.1. The average Bonchev–Trinajstić information content (AvgIpc) is 2.80. The molecule has 0 aliphatic carbocycles. The molecule has 4 nitrogen and oxygen atoms in total. The number of ether oxygens (including phenoxy) is 1. The van der Waals surface area contributed by atoms with Gasteiger partial charge in [0.1, 0.15) is 12.4 Å². The first-order valence-corrected chi connectivity index (χ1v) is 10.2. The monoisotopic (exact) mass is 428 g/mol. The molecular weight excluding hydrogens is 408 g/mol. The average molecular weight is 429 g/mol. The SMILES string of the molecule is O=C(Nc1cccc(Nc2ccccc2)c1)c1cccc(COc2ccc(Cl)cc2)c1. The van der Waals surface area contributed by atoms with Crippen LogP contribution in [0.2, 0.25) is 5.02 Å². The Morgan fingerprint density at radius 3 is 2.26 bits per heavy atom. The van der Waals surface area contributed by atoms with E-state index in [1.165, 1.54) is 0 Å². The lowest BCUT2D eigenvalue weighted by Gasteiger charge is -2.11. The summed E-state index contributed by atoms with van der Waals surface area (Å²) in [4.78, 5) is 12.8. The first kappa shape index (κ1) is 20.5. The number of para-hydroxylation sites is 1. The van der Waals surface area contributed by atoms with E-state index in [4.69, 9.17) is 16.3 Å². The molecule has 1 amide bonds. The highest BCUT2D eigenvalue weighted by Gasteiger charge is 2.08. The highest BCUT2D eigenvalue weighted by Crippen LogP contribution is 2.21. The maximum atomic E-state index is 12.8. The molecule has 4 aromatic rings. The summed E-state index contributed by atoms with van der Waals surface area (Å²) in [6.07, 6.45) is 0. The summed E-state index contributed by atoms with van der Waals surface area (Å²) in [5.41, 5.74) is 4.07. The van der Waals surface area contributed by atoms with E-state index in [1.54, 1.807) is 18.2 Å². The molecule has 0 radical (unpaired) electrons. The molecule has 0 aliphatic heterocycles. The molecular formula is C26H21ClN2O2. The standard InChI is InChI=1S/C26H21ClN2O2/c27-21-12-14-25(15-13-21)31-18-19-6-4-7-20(16-19)26(30)29-24-11-5-10-23(17-24)28-22-8-2-1-3-9-22/h1-17,28H,18H2,(H,29,30). The second-order valence-electron chi connectivity index (χ2n) is 6.97. The second-order valence-corrected chi connectivity index (χ2v) is 7.41. The van der Waals surface area contributed by atoms with Gasteiger partial charge in [-0.2, -0.15) is 0 Å². The molecule has 0 unspecified atom stereocenters. The van der Waals surface area contributed by atoms with E-state index >= 15 is 0 Å². The Labute approximate surface area is 186 Å². The number of benzene rings is 4. The molecule has 0 atom stereocenters. The minimum Gasteiger partial charge on any atom is -0.489 e. The third-order valence-corrected chi connectivity index (χ3v) is 4.84. The Kier molecular flexibility index (Phi) is 6.50. The summed E-state index contributed by atoms with van der Waals surface area (Å²) in [6.45, 7) is 0.360. The summed E-state index contributed by atoms with van der Waals surface area (Å²) in [5, 5.41) is 6.94. The van der Waals surface area contributed by atoms with Crippen LogP contribution >= 0.6 is 11.6 Å². The van der Waals surface area contributed by atoms with E-state index in [9.17, 15) is 4.79 Å². The lowest BCUT2D eigenvalue weighted by atomic mass is 10.1. The Bertz CT molecular complexity index is 1160. The van der Waals surface area contributed by atoms with E-state index in [2.05, 4.69) is 10.6 Å². The van der Waals surface area contributed by atoms with Gasteiger partial charge in [0.2, 0.25) is 0 Å². The van der Waals surface area contributed by atoms with Crippen molar-refractivity contribution in [2.24, 2.45) is 0 Å². The predicted molar refractivity (Wildman–Crippen MR) is 126 cm³/mol. The number of amides is 1. The fourth-order valence-electron chi connectivity index (χ4n) is 3.07. The molecule has 154 valence electrons. The lowest BCUT2D eigenvalue weighted by Crippen LogP contribution is -2.12. The fourth-order valence-corrected chi connectivity index (χ4v) is 3.19. The van der Waals surface area contributed by atoms with Crippen molar-refractivity contribution in [3.63, 3.8) is 0 Å². The Hall–Kier alpha value is -3.76. The maximum absolute atomic E-state index is 12.8. The van der Waals surface area contributed by atoms with Crippen LogP contribution in [-0.4, -0.2) is 5.91 Å². The summed E-state index contributed by atoms with van der Waals surface area (Å²) in [7, 11) is 0. The number of halogens is 1. The minimum atomic E-state index is -0.176. The van der Waals surface area contributed by atoms with Crippen molar-refractivity contribution in [3.8, 4) is 5.75 Å². The molecule has 31 heavy (non-hydrogen) atoms. The van der Waals surface area contributed by atoms with E-state index in [-0.39, 0.29) is 5.91 Å². The molecule has 0 heterocycles. The predicted octanol–water partition coefficient (Wildman–Crippen LogP) is 6.91. The molecule has 0 saturated carbocycles. The zero-order valence-electron chi connectivity index (χ0n) is 16.7. The van der Waals surface area contributed by atoms with Crippen LogP contribution in [-0.2, 0) is 6.61 Å². The van der Waals surface area contributed by atoms with Gasteiger partial charge in [-0.3, -0.25) is 4.79 Å². The smallest absolute Gasteiger partial charge is 0.255 e. The molecule has 0 spiro atoms. The highest BCUT2D eigenvalue weighted by molar-refractivity contribution is 6.30. The van der Waals surface area contributed by atoms with Crippen molar-refractivity contribution in [3.05, 3.63) is 119 Å². The van der Waals surface area contributed by atoms with Crippen LogP contribution in [0.4, 0.5) is 17.1 Å². The molecule has 5 heteroatoms. The van der Waals surface area contributed by atoms with E-state index in [1.807, 2.05) is 84.9 Å². The van der Waals surface area contributed by atoms with Crippen LogP contribution in [0.25, 0.3) is 0 Å². The van der Waals surface area contributed by atoms with Crippen LogP contribution in [0.15, 0.2) is 103 Å². The second kappa shape index (κ2) is 9.83. The molecule has 0 fully saturated rings. The van der Waals surface area contributed by atoms with Crippen molar-refractivity contribution in [1.82, 2.24) is 0 Å². The van der Waals surface area contributed by atoms with Gasteiger partial charge in [-0.1, -0.05) is 48.0 Å². The van der Waals surface area contributed by atoms with Crippen LogP contribution in [0.1, 0.15) is 15.9 Å². The first-order chi connectivity index (χ1) is 15.2. The number of hydrogen-bond acceptors (Lipinski definition) is 3. The van der Waals surface area contributed by atoms with Crippen molar-refractivity contribution >= 4 is 34.6 Å². The Morgan fingerprint density at radius 1 is 0.742 bits per heavy atom. The zero-order chi connectivity index (χ0) is 21.5. The van der Waals surface area contributed by atoms with Crippen LogP contribution in [0.5, 0.6) is 5.75 Å². The van der Waals surface area contributed by atoms with Crippen LogP contribution in [0, 0.1) is 0 Å². The molecule has 0 bridgehead atoms. The van der Waals surface area contributed by atoms with E-state index in [0.29, 0.717) is 22.9 Å². The van der Waals surface area contributed by atoms with Gasteiger partial charge < -0.3 is 15.4 Å². The lowest BCUT2D eigenvalue weighted by molar-refractivity contribution is 0.102. The molecule has 0 aliphatic rings. The first-order valence-electron chi connectivity index (χ1n) is 9.86. The van der Waals surface area contributed by atoms with Gasteiger partial charge in [0.15, 0.2) is 0 Å². The number of nitrogens with one attached hydrogen (secondary N) is 2. The number of carbonyl (C=O) groups is 1. The highest BCUT2D eigenvalue weighted by atomic mass is 35.5. The van der Waals surface area contributed by atoms with Crippen molar-refractivity contribution in [2.75, 3.05) is 10.6 Å². The molecule has 2 N–H and O–H groups in total. The number of hydrogen-bond donors (Lipinski definition) is 2. The summed E-state index contributed by atoms with van der Waals surface area (Å²) < 4.78 is 5.77. The summed E-state index contributed by atoms with van der Waals surface area (Å²) in [5.74, 6) is 0.548. The van der Waals surface area contributed by atoms with Gasteiger partial charge in [0, 0.05) is 27.6 Å². The Morgan fingerprint density at radius 2 is 1.45 bits per heavy atom. The molecule has 0 saturated heterocycles. The van der Waals surface area contributed by atoms with Gasteiger partial charge in [-0.05, 0) is 72.3 Å². The maximum Gasteiger partial charge on any atom is 0.255 e. The molecule has 4 aromatic carbocycles. The Balaban J connectivity index is 1.40. The normalized spacial score (nSPS) is 10.4. The van der Waals surface area contributed by atoms with Gasteiger partial charge in [-0.15, -0.1) is 0 Å². The third kappa shape index (κ3) is 5.87. The third-order valence-electron chi connectivity index (χ3n) is 4.59. The fraction of sp³-hybridized carbons (Fsp3) is 0.0385. The quantitative estimate of drug-likeness (QED) is 0.336. The van der Waals surface area contributed by atoms with E-state index < -0.39 is 0 Å². The number of carbonyl (C=O) groups excluding carboxylic acids is 1. The van der Waals surface area contributed by atoms with Crippen molar-refractivity contribution in [1.29, 1.82) is 0 Å². The van der Waals surface area contributed by atoms with Crippen molar-refractivity contribution in [2.45, 2.75) is 6.61 Å². The van der Waals surface area contributed by atoms with Gasteiger partial charge in [-0.25, -0.2) is 0 Å². The largest absolute Gasteiger partial charge is 0.489 e. The van der Waals surface area contributed by atoms with Gasteiger partial charge in [0.25, 0.3) is 5.91 Å². The van der Waals surface area contributed by atoms with E-state index in [0.717, 1.165) is 22.7 Å². The van der Waals surface area contributed by atoms with Gasteiger partial charge in [0.05, 0.1) is 0 Å². The number of rotatable bonds is 7. The van der Waals surface area contributed by atoms with Crippen molar-refractivity contribution < 1.29 is 9.53 Å². The number of anilines is 3. The molecule has 0 aromatic heterocycles. The minimum absolute atomic E-state index is 0.176. The van der Waals surface area contributed by atoms with Crippen LogP contribution in [0.3, 0.4) is 0 Å². The molecule has 4 rings (SSSR count). The topological polar surface area (TPSA) is 50.4 Å².